The Balaban J connectivity index is 1.88. The molecule has 0 aliphatic rings. The highest BCUT2D eigenvalue weighted by Gasteiger charge is 1.98. The van der Waals surface area contributed by atoms with Crippen molar-refractivity contribution < 1.29 is 4.74 Å². The maximum atomic E-state index is 11.3. The Morgan fingerprint density at radius 1 is 1.14 bits per heavy atom. The first-order valence-electron chi connectivity index (χ1n) is 7.31. The number of ether oxygens (including phenoxy) is 1. The molecule has 0 saturated carbocycles. The van der Waals surface area contributed by atoms with Crippen LogP contribution in [0.2, 0.25) is 0 Å². The molecule has 0 aliphatic carbocycles. The van der Waals surface area contributed by atoms with Crippen LogP contribution in [0.25, 0.3) is 0 Å². The van der Waals surface area contributed by atoms with Crippen molar-refractivity contribution in [1.82, 2.24) is 4.57 Å². The molecule has 2 aromatic rings. The van der Waals surface area contributed by atoms with Crippen molar-refractivity contribution in [2.75, 3.05) is 11.9 Å². The highest BCUT2D eigenvalue weighted by Crippen LogP contribution is 2.14. The number of pyridine rings is 1. The van der Waals surface area contributed by atoms with E-state index in [4.69, 9.17) is 4.74 Å². The van der Waals surface area contributed by atoms with Gasteiger partial charge in [0.1, 0.15) is 5.75 Å². The molecular formula is C17H22N2O2. The van der Waals surface area contributed by atoms with Crippen molar-refractivity contribution in [1.29, 1.82) is 0 Å². The molecule has 0 aliphatic heterocycles. The quantitative estimate of drug-likeness (QED) is 0.795. The third-order valence-corrected chi connectivity index (χ3v) is 3.27. The van der Waals surface area contributed by atoms with Crippen LogP contribution in [-0.2, 0) is 13.6 Å². The molecule has 0 spiro atoms. The van der Waals surface area contributed by atoms with E-state index in [1.165, 1.54) is 5.56 Å². The molecular weight excluding hydrogens is 264 g/mol. The lowest BCUT2D eigenvalue weighted by molar-refractivity contribution is 0.309. The second kappa shape index (κ2) is 7.53. The van der Waals surface area contributed by atoms with E-state index in [0.717, 1.165) is 30.9 Å². The summed E-state index contributed by atoms with van der Waals surface area (Å²) in [6, 6.07) is 11.4. The van der Waals surface area contributed by atoms with E-state index in [9.17, 15) is 4.79 Å². The highest BCUT2D eigenvalue weighted by molar-refractivity contribution is 5.41. The van der Waals surface area contributed by atoms with Gasteiger partial charge in [0.05, 0.1) is 12.3 Å². The number of aromatic nitrogens is 1. The average Bonchev–Trinajstić information content (AvgIpc) is 2.50. The zero-order chi connectivity index (χ0) is 15.1. The van der Waals surface area contributed by atoms with E-state index in [-0.39, 0.29) is 5.56 Å². The molecule has 1 heterocycles. The molecule has 21 heavy (non-hydrogen) atoms. The molecule has 0 saturated heterocycles. The number of hydrogen-bond acceptors (Lipinski definition) is 3. The van der Waals surface area contributed by atoms with Gasteiger partial charge < -0.3 is 14.6 Å². The minimum Gasteiger partial charge on any atom is -0.494 e. The van der Waals surface area contributed by atoms with E-state index in [1.54, 1.807) is 29.9 Å². The summed E-state index contributed by atoms with van der Waals surface area (Å²) in [4.78, 5) is 11.3. The van der Waals surface area contributed by atoms with Gasteiger partial charge in [0, 0.05) is 25.9 Å². The predicted molar refractivity (Wildman–Crippen MR) is 85.9 cm³/mol. The average molecular weight is 286 g/mol. The van der Waals surface area contributed by atoms with Crippen LogP contribution in [0.1, 0.15) is 25.3 Å². The fraction of sp³-hybridized carbons (Fsp3) is 0.353. The van der Waals surface area contributed by atoms with Gasteiger partial charge in [-0.2, -0.15) is 0 Å². The lowest BCUT2D eigenvalue weighted by Crippen LogP contribution is -2.15. The standard InChI is InChI=1S/C17H22N2O2/c1-3-4-11-21-16-8-5-14(6-9-16)12-18-15-7-10-17(20)19(2)13-15/h5-10,13,18H,3-4,11-12H2,1-2H3. The molecule has 0 fully saturated rings. The Bertz CT molecular complexity index is 617. The van der Waals surface area contributed by atoms with E-state index < -0.39 is 0 Å². The van der Waals surface area contributed by atoms with Crippen LogP contribution in [-0.4, -0.2) is 11.2 Å². The summed E-state index contributed by atoms with van der Waals surface area (Å²) in [7, 11) is 1.75. The number of benzene rings is 1. The van der Waals surface area contributed by atoms with Gasteiger partial charge in [-0.1, -0.05) is 25.5 Å². The summed E-state index contributed by atoms with van der Waals surface area (Å²) in [5, 5.41) is 3.30. The lowest BCUT2D eigenvalue weighted by Gasteiger charge is -2.09. The normalized spacial score (nSPS) is 10.4. The van der Waals surface area contributed by atoms with Gasteiger partial charge in [0.2, 0.25) is 5.56 Å². The van der Waals surface area contributed by atoms with Gasteiger partial charge in [-0.15, -0.1) is 0 Å². The van der Waals surface area contributed by atoms with Crippen LogP contribution >= 0.6 is 0 Å². The zero-order valence-corrected chi connectivity index (χ0v) is 12.6. The Morgan fingerprint density at radius 2 is 1.90 bits per heavy atom. The predicted octanol–water partition coefficient (Wildman–Crippen LogP) is 3.18. The van der Waals surface area contributed by atoms with Crippen LogP contribution < -0.4 is 15.6 Å². The van der Waals surface area contributed by atoms with Crippen LogP contribution in [0, 0.1) is 0 Å². The Morgan fingerprint density at radius 3 is 2.57 bits per heavy atom. The van der Waals surface area contributed by atoms with Crippen LogP contribution in [0.5, 0.6) is 5.75 Å². The van der Waals surface area contributed by atoms with Crippen molar-refractivity contribution in [2.45, 2.75) is 26.3 Å². The first-order valence-corrected chi connectivity index (χ1v) is 7.31. The Labute approximate surface area is 125 Å². The highest BCUT2D eigenvalue weighted by atomic mass is 16.5. The zero-order valence-electron chi connectivity index (χ0n) is 12.6. The van der Waals surface area contributed by atoms with Gasteiger partial charge >= 0.3 is 0 Å². The summed E-state index contributed by atoms with van der Waals surface area (Å²) < 4.78 is 7.20. The van der Waals surface area contributed by atoms with E-state index in [1.807, 2.05) is 12.1 Å². The lowest BCUT2D eigenvalue weighted by atomic mass is 10.2. The molecule has 2 rings (SSSR count). The van der Waals surface area contributed by atoms with Crippen LogP contribution in [0.4, 0.5) is 5.69 Å². The monoisotopic (exact) mass is 286 g/mol. The van der Waals surface area contributed by atoms with Gasteiger partial charge in [0.25, 0.3) is 0 Å². The first kappa shape index (κ1) is 15.2. The molecule has 0 amide bonds. The maximum Gasteiger partial charge on any atom is 0.250 e. The van der Waals surface area contributed by atoms with Gasteiger partial charge in [-0.25, -0.2) is 0 Å². The Hall–Kier alpha value is -2.23. The summed E-state index contributed by atoms with van der Waals surface area (Å²) in [6.45, 7) is 3.64. The van der Waals surface area contributed by atoms with Crippen LogP contribution in [0.15, 0.2) is 47.4 Å². The fourth-order valence-corrected chi connectivity index (χ4v) is 1.94. The molecule has 1 aromatic heterocycles. The van der Waals surface area contributed by atoms with E-state index >= 15 is 0 Å². The van der Waals surface area contributed by atoms with E-state index in [2.05, 4.69) is 24.4 Å². The topological polar surface area (TPSA) is 43.3 Å². The fourth-order valence-electron chi connectivity index (χ4n) is 1.94. The van der Waals surface area contributed by atoms with Gasteiger partial charge in [-0.05, 0) is 30.2 Å². The molecule has 1 aromatic carbocycles. The van der Waals surface area contributed by atoms with Gasteiger partial charge in [0.15, 0.2) is 0 Å². The van der Waals surface area contributed by atoms with E-state index in [0.29, 0.717) is 6.54 Å². The van der Waals surface area contributed by atoms with Crippen LogP contribution in [0.3, 0.4) is 0 Å². The van der Waals surface area contributed by atoms with Crippen molar-refractivity contribution in [3.8, 4) is 5.75 Å². The summed E-state index contributed by atoms with van der Waals surface area (Å²) in [5.41, 5.74) is 2.10. The molecule has 4 heteroatoms. The number of hydrogen-bond donors (Lipinski definition) is 1. The minimum atomic E-state index is -0.00543. The molecule has 0 radical (unpaired) electrons. The summed E-state index contributed by atoms with van der Waals surface area (Å²) in [6.07, 6.45) is 4.02. The smallest absolute Gasteiger partial charge is 0.250 e. The number of nitrogens with zero attached hydrogens (tertiary/aromatic N) is 1. The number of rotatable bonds is 7. The number of anilines is 1. The largest absolute Gasteiger partial charge is 0.494 e. The molecule has 1 N–H and O–H groups in total. The molecule has 0 bridgehead atoms. The number of unbranched alkanes of at least 4 members (excludes halogenated alkanes) is 1. The first-order chi connectivity index (χ1) is 10.2. The number of nitrogens with one attached hydrogen (secondary N) is 1. The molecule has 112 valence electrons. The molecule has 4 nitrogen and oxygen atoms in total. The van der Waals surface area contributed by atoms with Crippen molar-refractivity contribution in [3.05, 3.63) is 58.5 Å². The maximum absolute atomic E-state index is 11.3. The van der Waals surface area contributed by atoms with Gasteiger partial charge in [-0.3, -0.25) is 4.79 Å². The number of aryl methyl sites for hydroxylation is 1. The second-order valence-corrected chi connectivity index (χ2v) is 5.07. The second-order valence-electron chi connectivity index (χ2n) is 5.07. The van der Waals surface area contributed by atoms with Crippen molar-refractivity contribution in [3.63, 3.8) is 0 Å². The van der Waals surface area contributed by atoms with Crippen molar-refractivity contribution >= 4 is 5.69 Å². The Kier molecular flexibility index (Phi) is 5.43. The van der Waals surface area contributed by atoms with Crippen molar-refractivity contribution in [2.24, 2.45) is 7.05 Å². The summed E-state index contributed by atoms with van der Waals surface area (Å²) >= 11 is 0. The third kappa shape index (κ3) is 4.67. The third-order valence-electron chi connectivity index (χ3n) is 3.27. The minimum absolute atomic E-state index is 0.00543. The SMILES string of the molecule is CCCCOc1ccc(CNc2ccc(=O)n(C)c2)cc1. The summed E-state index contributed by atoms with van der Waals surface area (Å²) in [5.74, 6) is 0.911. The molecule has 0 atom stereocenters. The molecule has 0 unspecified atom stereocenters.